The smallest absolute Gasteiger partial charge is 0.318 e. The second-order valence-electron chi connectivity index (χ2n) is 7.23. The van der Waals surface area contributed by atoms with Crippen molar-refractivity contribution in [2.45, 2.75) is 26.9 Å². The van der Waals surface area contributed by atoms with Gasteiger partial charge in [-0.05, 0) is 57.2 Å². The van der Waals surface area contributed by atoms with Crippen LogP contribution in [0.15, 0.2) is 59.7 Å². The molecule has 1 heterocycles. The number of aromatic nitrogens is 1. The van der Waals surface area contributed by atoms with Crippen LogP contribution in [0.1, 0.15) is 28.1 Å². The van der Waals surface area contributed by atoms with Gasteiger partial charge >= 0.3 is 18.0 Å². The van der Waals surface area contributed by atoms with E-state index in [1.54, 1.807) is 0 Å². The predicted octanol–water partition coefficient (Wildman–Crippen LogP) is 4.51. The Balaban J connectivity index is 1.66. The molecule has 2 aromatic carbocycles. The van der Waals surface area contributed by atoms with Crippen LogP contribution in [-0.2, 0) is 15.8 Å². The number of hydrazone groups is 1. The molecule has 6 nitrogen and oxygen atoms in total. The number of carbonyl (C=O) groups is 2. The molecule has 0 atom stereocenters. The molecule has 0 fully saturated rings. The molecule has 0 bridgehead atoms. The van der Waals surface area contributed by atoms with Crippen LogP contribution in [0.5, 0.6) is 0 Å². The number of alkyl halides is 3. The Labute approximate surface area is 182 Å². The Bertz CT molecular complexity index is 1180. The molecule has 0 aliphatic rings. The van der Waals surface area contributed by atoms with Crippen molar-refractivity contribution in [3.63, 3.8) is 0 Å². The molecule has 0 aliphatic heterocycles. The fourth-order valence-electron chi connectivity index (χ4n) is 3.18. The lowest BCUT2D eigenvalue weighted by Crippen LogP contribution is -2.32. The van der Waals surface area contributed by atoms with Gasteiger partial charge in [-0.2, -0.15) is 18.3 Å². The number of nitrogens with one attached hydrogen (secondary N) is 2. The van der Waals surface area contributed by atoms with E-state index >= 15 is 0 Å². The number of anilines is 1. The van der Waals surface area contributed by atoms with E-state index in [1.165, 1.54) is 12.3 Å². The van der Waals surface area contributed by atoms with Crippen LogP contribution >= 0.6 is 0 Å². The lowest BCUT2D eigenvalue weighted by Gasteiger charge is -2.10. The molecule has 2 N–H and O–H groups in total. The van der Waals surface area contributed by atoms with Gasteiger partial charge in [-0.1, -0.05) is 23.8 Å². The molecule has 0 saturated heterocycles. The number of rotatable bonds is 4. The van der Waals surface area contributed by atoms with Crippen LogP contribution in [0.2, 0.25) is 0 Å². The van der Waals surface area contributed by atoms with Crippen LogP contribution in [0.25, 0.3) is 5.69 Å². The Morgan fingerprint density at radius 3 is 2.31 bits per heavy atom. The zero-order valence-electron chi connectivity index (χ0n) is 17.6. The van der Waals surface area contributed by atoms with Gasteiger partial charge in [0, 0.05) is 28.3 Å². The van der Waals surface area contributed by atoms with Gasteiger partial charge < -0.3 is 9.88 Å². The molecule has 2 amide bonds. The molecule has 0 unspecified atom stereocenters. The number of hydrogen-bond donors (Lipinski definition) is 2. The molecular formula is C23H21F3N4O2. The van der Waals surface area contributed by atoms with Crippen molar-refractivity contribution >= 4 is 23.7 Å². The van der Waals surface area contributed by atoms with Crippen molar-refractivity contribution in [1.29, 1.82) is 0 Å². The molecule has 166 valence electrons. The highest BCUT2D eigenvalue weighted by Crippen LogP contribution is 2.30. The summed E-state index contributed by atoms with van der Waals surface area (Å²) in [6, 6.07) is 13.9. The Morgan fingerprint density at radius 2 is 1.66 bits per heavy atom. The quantitative estimate of drug-likeness (QED) is 0.354. The number of amides is 2. The summed E-state index contributed by atoms with van der Waals surface area (Å²) in [4.78, 5) is 23.9. The first-order valence-corrected chi connectivity index (χ1v) is 9.64. The molecule has 0 radical (unpaired) electrons. The maximum absolute atomic E-state index is 12.8. The number of nitrogens with zero attached hydrogens (tertiary/aromatic N) is 2. The van der Waals surface area contributed by atoms with Crippen molar-refractivity contribution in [3.8, 4) is 5.69 Å². The number of aryl methyl sites for hydroxylation is 2. The van der Waals surface area contributed by atoms with Gasteiger partial charge in [0.05, 0.1) is 11.8 Å². The summed E-state index contributed by atoms with van der Waals surface area (Å²) in [6.45, 7) is 5.84. The van der Waals surface area contributed by atoms with Gasteiger partial charge in [0.15, 0.2) is 0 Å². The SMILES string of the molecule is Cc1ccc(-n2c(C)cc(/C=N/NC(=O)C(=O)Nc3cccc(C(F)(F)F)c3)c2C)cc1. The van der Waals surface area contributed by atoms with Crippen molar-refractivity contribution in [3.05, 3.63) is 82.7 Å². The van der Waals surface area contributed by atoms with Crippen LogP contribution in [0.3, 0.4) is 0 Å². The van der Waals surface area contributed by atoms with E-state index in [1.807, 2.05) is 55.7 Å². The van der Waals surface area contributed by atoms with Crippen LogP contribution in [-0.4, -0.2) is 22.6 Å². The topological polar surface area (TPSA) is 75.5 Å². The Kier molecular flexibility index (Phi) is 6.47. The van der Waals surface area contributed by atoms with Gasteiger partial charge in [-0.25, -0.2) is 5.43 Å². The Hall–Kier alpha value is -3.88. The zero-order chi connectivity index (χ0) is 23.5. The van der Waals surface area contributed by atoms with Gasteiger partial charge in [0.25, 0.3) is 0 Å². The number of carbonyl (C=O) groups excluding carboxylic acids is 2. The largest absolute Gasteiger partial charge is 0.416 e. The fourth-order valence-corrected chi connectivity index (χ4v) is 3.18. The standard InChI is InChI=1S/C23H21F3N4O2/c1-14-7-9-20(10-8-14)30-15(2)11-17(16(30)3)13-27-29-22(32)21(31)28-19-6-4-5-18(12-19)23(24,25)26/h4-13H,1-3H3,(H,28,31)(H,29,32)/b27-13+. The molecule has 0 saturated carbocycles. The van der Waals surface area contributed by atoms with E-state index in [9.17, 15) is 22.8 Å². The average Bonchev–Trinajstić information content (AvgIpc) is 3.01. The van der Waals surface area contributed by atoms with Crippen LogP contribution in [0, 0.1) is 20.8 Å². The number of halogens is 3. The summed E-state index contributed by atoms with van der Waals surface area (Å²) in [5.74, 6) is -2.24. The monoisotopic (exact) mass is 442 g/mol. The minimum Gasteiger partial charge on any atom is -0.318 e. The van der Waals surface area contributed by atoms with Gasteiger partial charge in [-0.15, -0.1) is 0 Å². The summed E-state index contributed by atoms with van der Waals surface area (Å²) in [7, 11) is 0. The molecular weight excluding hydrogens is 421 g/mol. The van der Waals surface area contributed by atoms with Crippen LogP contribution in [0.4, 0.5) is 18.9 Å². The van der Waals surface area contributed by atoms with E-state index in [0.29, 0.717) is 0 Å². The average molecular weight is 442 g/mol. The second kappa shape index (κ2) is 9.09. The third kappa shape index (κ3) is 5.23. The molecule has 0 aliphatic carbocycles. The minimum absolute atomic E-state index is 0.148. The lowest BCUT2D eigenvalue weighted by molar-refractivity contribution is -0.137. The summed E-state index contributed by atoms with van der Waals surface area (Å²) in [6.07, 6.45) is -3.15. The van der Waals surface area contributed by atoms with Crippen molar-refractivity contribution in [2.75, 3.05) is 5.32 Å². The first-order chi connectivity index (χ1) is 15.1. The number of benzene rings is 2. The van der Waals surface area contributed by atoms with E-state index in [0.717, 1.165) is 46.4 Å². The van der Waals surface area contributed by atoms with Crippen molar-refractivity contribution < 1.29 is 22.8 Å². The first kappa shape index (κ1) is 22.8. The highest BCUT2D eigenvalue weighted by molar-refractivity contribution is 6.39. The predicted molar refractivity (Wildman–Crippen MR) is 116 cm³/mol. The third-order valence-electron chi connectivity index (χ3n) is 4.79. The highest BCUT2D eigenvalue weighted by Gasteiger charge is 2.30. The molecule has 9 heteroatoms. The summed E-state index contributed by atoms with van der Waals surface area (Å²) in [5, 5.41) is 5.93. The molecule has 0 spiro atoms. The van der Waals surface area contributed by atoms with Gasteiger partial charge in [0.1, 0.15) is 0 Å². The lowest BCUT2D eigenvalue weighted by atomic mass is 10.2. The minimum atomic E-state index is -4.56. The zero-order valence-corrected chi connectivity index (χ0v) is 17.6. The molecule has 3 aromatic rings. The van der Waals surface area contributed by atoms with Crippen LogP contribution < -0.4 is 10.7 Å². The van der Waals surface area contributed by atoms with E-state index < -0.39 is 23.6 Å². The Morgan fingerprint density at radius 1 is 0.969 bits per heavy atom. The van der Waals surface area contributed by atoms with Crippen molar-refractivity contribution in [1.82, 2.24) is 9.99 Å². The summed E-state index contributed by atoms with van der Waals surface area (Å²) < 4.78 is 40.3. The maximum Gasteiger partial charge on any atom is 0.416 e. The van der Waals surface area contributed by atoms with E-state index in [4.69, 9.17) is 0 Å². The van der Waals surface area contributed by atoms with Gasteiger partial charge in [0.2, 0.25) is 0 Å². The van der Waals surface area contributed by atoms with Crippen molar-refractivity contribution in [2.24, 2.45) is 5.10 Å². The second-order valence-corrected chi connectivity index (χ2v) is 7.23. The summed E-state index contributed by atoms with van der Waals surface area (Å²) in [5.41, 5.74) is 5.71. The molecule has 1 aromatic heterocycles. The third-order valence-corrected chi connectivity index (χ3v) is 4.79. The normalized spacial score (nSPS) is 11.6. The number of hydrogen-bond acceptors (Lipinski definition) is 3. The highest BCUT2D eigenvalue weighted by atomic mass is 19.4. The fraction of sp³-hybridized carbons (Fsp3) is 0.174. The molecule has 3 rings (SSSR count). The van der Waals surface area contributed by atoms with E-state index in [-0.39, 0.29) is 5.69 Å². The van der Waals surface area contributed by atoms with Gasteiger partial charge in [-0.3, -0.25) is 9.59 Å². The first-order valence-electron chi connectivity index (χ1n) is 9.64. The van der Waals surface area contributed by atoms with E-state index in [2.05, 4.69) is 15.8 Å². The molecule has 32 heavy (non-hydrogen) atoms. The maximum atomic E-state index is 12.8. The summed E-state index contributed by atoms with van der Waals surface area (Å²) >= 11 is 0.